The first-order chi connectivity index (χ1) is 9.82. The van der Waals surface area contributed by atoms with Gasteiger partial charge in [0.1, 0.15) is 0 Å². The van der Waals surface area contributed by atoms with Crippen molar-refractivity contribution in [2.24, 2.45) is 0 Å². The zero-order chi connectivity index (χ0) is 17.0. The van der Waals surface area contributed by atoms with Crippen molar-refractivity contribution in [1.29, 1.82) is 0 Å². The first-order valence-corrected chi connectivity index (χ1v) is 8.15. The second kappa shape index (κ2) is 5.00. The zero-order valence-electron chi connectivity index (χ0n) is 15.7. The van der Waals surface area contributed by atoms with Crippen molar-refractivity contribution >= 4 is 17.7 Å². The standard InChI is InChI=1S/C18H31BNO2/c1-16(2,3)19(21-17(4,5)18(6,7)22-19)14-10-12-15(13-11-14)20(8)9/h10-13H,1-9H3/q-1. The summed E-state index contributed by atoms with van der Waals surface area (Å²) in [7, 11) is 4.10. The van der Waals surface area contributed by atoms with Gasteiger partial charge in [0.2, 0.25) is 0 Å². The average Bonchev–Trinajstić information content (AvgIpc) is 2.56. The number of hydrogen-bond acceptors (Lipinski definition) is 3. The Kier molecular flexibility index (Phi) is 3.95. The van der Waals surface area contributed by atoms with E-state index in [0.29, 0.717) is 0 Å². The van der Waals surface area contributed by atoms with Gasteiger partial charge in [0.15, 0.2) is 0 Å². The minimum absolute atomic E-state index is 0.120. The molecule has 2 rings (SSSR count). The molecule has 1 aromatic rings. The third-order valence-electron chi connectivity index (χ3n) is 5.36. The Morgan fingerprint density at radius 2 is 1.27 bits per heavy atom. The average molecular weight is 304 g/mol. The second-order valence-corrected chi connectivity index (χ2v) is 8.82. The summed E-state index contributed by atoms with van der Waals surface area (Å²) in [5.74, 6) is 0. The summed E-state index contributed by atoms with van der Waals surface area (Å²) in [4.78, 5) is 2.10. The molecule has 1 fully saturated rings. The molecule has 0 bridgehead atoms. The molecule has 1 heterocycles. The number of anilines is 1. The fourth-order valence-corrected chi connectivity index (χ4v) is 3.15. The highest BCUT2D eigenvalue weighted by Crippen LogP contribution is 2.50. The van der Waals surface area contributed by atoms with Gasteiger partial charge in [0.05, 0.1) is 0 Å². The molecule has 0 atom stereocenters. The predicted octanol–water partition coefficient (Wildman–Crippen LogP) is 3.81. The van der Waals surface area contributed by atoms with Crippen molar-refractivity contribution in [1.82, 2.24) is 0 Å². The van der Waals surface area contributed by atoms with Crippen LogP contribution >= 0.6 is 0 Å². The Bertz CT molecular complexity index is 525. The van der Waals surface area contributed by atoms with E-state index < -0.39 is 6.55 Å². The van der Waals surface area contributed by atoms with E-state index in [1.165, 1.54) is 5.69 Å². The van der Waals surface area contributed by atoms with E-state index >= 15 is 0 Å². The Morgan fingerprint density at radius 1 is 0.864 bits per heavy atom. The summed E-state index contributed by atoms with van der Waals surface area (Å²) >= 11 is 0. The maximum atomic E-state index is 6.63. The number of rotatable bonds is 2. The van der Waals surface area contributed by atoms with Gasteiger partial charge in [-0.2, -0.15) is 5.46 Å². The summed E-state index contributed by atoms with van der Waals surface area (Å²) < 4.78 is 13.3. The summed E-state index contributed by atoms with van der Waals surface area (Å²) in [5.41, 5.74) is 1.65. The van der Waals surface area contributed by atoms with Gasteiger partial charge in [-0.1, -0.05) is 32.9 Å². The van der Waals surface area contributed by atoms with Crippen LogP contribution in [-0.4, -0.2) is 31.8 Å². The molecule has 0 aliphatic carbocycles. The number of benzene rings is 1. The third kappa shape index (κ3) is 2.57. The monoisotopic (exact) mass is 304 g/mol. The van der Waals surface area contributed by atoms with Gasteiger partial charge < -0.3 is 14.2 Å². The lowest BCUT2D eigenvalue weighted by molar-refractivity contribution is 0.00578. The molecule has 0 aromatic heterocycles. The molecule has 22 heavy (non-hydrogen) atoms. The lowest BCUT2D eigenvalue weighted by atomic mass is 9.36. The van der Waals surface area contributed by atoms with Gasteiger partial charge >= 0.3 is 0 Å². The molecule has 1 saturated heterocycles. The fourth-order valence-electron chi connectivity index (χ4n) is 3.15. The van der Waals surface area contributed by atoms with Crippen molar-refractivity contribution < 1.29 is 9.31 Å². The number of nitrogens with zero attached hydrogens (tertiary/aromatic N) is 1. The van der Waals surface area contributed by atoms with Gasteiger partial charge in [-0.25, -0.2) is 0 Å². The minimum atomic E-state index is -1.56. The Hall–Kier alpha value is -0.995. The molecule has 124 valence electrons. The van der Waals surface area contributed by atoms with E-state index in [1.807, 2.05) is 0 Å². The van der Waals surface area contributed by atoms with Crippen LogP contribution in [0.15, 0.2) is 24.3 Å². The van der Waals surface area contributed by atoms with Crippen LogP contribution in [0.5, 0.6) is 0 Å². The highest BCUT2D eigenvalue weighted by Gasteiger charge is 2.56. The van der Waals surface area contributed by atoms with Crippen molar-refractivity contribution in [3.63, 3.8) is 0 Å². The maximum Gasteiger partial charge on any atom is 0.275 e. The molecular weight excluding hydrogens is 273 g/mol. The van der Waals surface area contributed by atoms with E-state index in [4.69, 9.17) is 9.31 Å². The Labute approximate surface area is 136 Å². The first-order valence-electron chi connectivity index (χ1n) is 8.15. The highest BCUT2D eigenvalue weighted by atomic mass is 16.7. The molecule has 1 aliphatic heterocycles. The van der Waals surface area contributed by atoms with Crippen LogP contribution in [0.25, 0.3) is 0 Å². The van der Waals surface area contributed by atoms with Crippen LogP contribution in [0.1, 0.15) is 48.5 Å². The molecular formula is C18H31BNO2-. The fraction of sp³-hybridized carbons (Fsp3) is 0.667. The normalized spacial score (nSPS) is 22.6. The summed E-state index contributed by atoms with van der Waals surface area (Å²) in [6, 6.07) is 8.57. The van der Waals surface area contributed by atoms with Gasteiger partial charge in [0, 0.05) is 31.0 Å². The van der Waals surface area contributed by atoms with Gasteiger partial charge in [-0.3, -0.25) is 0 Å². The molecule has 0 spiro atoms. The van der Waals surface area contributed by atoms with Crippen molar-refractivity contribution in [3.05, 3.63) is 24.3 Å². The van der Waals surface area contributed by atoms with E-state index in [-0.39, 0.29) is 16.5 Å². The SMILES string of the molecule is CN(C)c1ccc([B-]2(C(C)(C)C)OC(C)(C)C(C)(C)O2)cc1. The van der Waals surface area contributed by atoms with E-state index in [2.05, 4.69) is 91.7 Å². The Morgan fingerprint density at radius 3 is 1.59 bits per heavy atom. The van der Waals surface area contributed by atoms with Crippen LogP contribution < -0.4 is 10.4 Å². The molecule has 1 aliphatic rings. The largest absolute Gasteiger partial charge is 0.558 e. The van der Waals surface area contributed by atoms with Crippen LogP contribution in [-0.2, 0) is 9.31 Å². The van der Waals surface area contributed by atoms with E-state index in [9.17, 15) is 0 Å². The molecule has 1 aromatic carbocycles. The van der Waals surface area contributed by atoms with Crippen LogP contribution in [0.2, 0.25) is 5.31 Å². The van der Waals surface area contributed by atoms with Gasteiger partial charge in [-0.05, 0) is 39.8 Å². The maximum absolute atomic E-state index is 6.63. The predicted molar refractivity (Wildman–Crippen MR) is 96.2 cm³/mol. The van der Waals surface area contributed by atoms with E-state index in [1.54, 1.807) is 0 Å². The highest BCUT2D eigenvalue weighted by molar-refractivity contribution is 6.84. The van der Waals surface area contributed by atoms with Crippen molar-refractivity contribution in [2.75, 3.05) is 19.0 Å². The lowest BCUT2D eigenvalue weighted by Gasteiger charge is -2.49. The zero-order valence-corrected chi connectivity index (χ0v) is 15.7. The van der Waals surface area contributed by atoms with E-state index in [0.717, 1.165) is 5.46 Å². The molecule has 0 unspecified atom stereocenters. The van der Waals surface area contributed by atoms with Crippen LogP contribution in [0.4, 0.5) is 5.69 Å². The van der Waals surface area contributed by atoms with Crippen LogP contribution in [0, 0.1) is 0 Å². The summed E-state index contributed by atoms with van der Waals surface area (Å²) in [5, 5.41) is -0.120. The summed E-state index contributed by atoms with van der Waals surface area (Å²) in [6.45, 7) is 13.5. The van der Waals surface area contributed by atoms with Crippen molar-refractivity contribution in [2.45, 2.75) is 65.0 Å². The minimum Gasteiger partial charge on any atom is -0.558 e. The van der Waals surface area contributed by atoms with Gasteiger partial charge in [-0.15, -0.1) is 5.31 Å². The van der Waals surface area contributed by atoms with Crippen LogP contribution in [0.3, 0.4) is 0 Å². The smallest absolute Gasteiger partial charge is 0.275 e. The topological polar surface area (TPSA) is 21.7 Å². The third-order valence-corrected chi connectivity index (χ3v) is 5.36. The molecule has 0 saturated carbocycles. The summed E-state index contributed by atoms with van der Waals surface area (Å²) in [6.07, 6.45) is 0. The number of hydrogen-bond donors (Lipinski definition) is 0. The second-order valence-electron chi connectivity index (χ2n) is 8.82. The molecule has 0 amide bonds. The Balaban J connectivity index is 2.54. The quantitative estimate of drug-likeness (QED) is 0.776. The van der Waals surface area contributed by atoms with Gasteiger partial charge in [0.25, 0.3) is 6.55 Å². The first kappa shape index (κ1) is 17.4. The molecule has 0 N–H and O–H groups in total. The van der Waals surface area contributed by atoms with Crippen molar-refractivity contribution in [3.8, 4) is 0 Å². The molecule has 0 radical (unpaired) electrons. The lowest BCUT2D eigenvalue weighted by Crippen LogP contribution is -2.58. The molecule has 3 nitrogen and oxygen atoms in total. The molecule has 4 heteroatoms.